The lowest BCUT2D eigenvalue weighted by Crippen LogP contribution is -2.43. The van der Waals surface area contributed by atoms with Gasteiger partial charge >= 0.3 is 0 Å². The number of hydrogen-bond donors (Lipinski definition) is 0. The first-order valence-corrected chi connectivity index (χ1v) is 5.86. The quantitative estimate of drug-likeness (QED) is 0.658. The Bertz CT molecular complexity index is 278. The first kappa shape index (κ1) is 10.6. The number of carbonyl (C=O) groups excluding carboxylic acids is 1. The summed E-state index contributed by atoms with van der Waals surface area (Å²) in [6, 6.07) is 2.40. The Hall–Kier alpha value is -0.880. The lowest BCUT2D eigenvalue weighted by molar-refractivity contribution is -0.113. The van der Waals surface area contributed by atoms with Crippen molar-refractivity contribution >= 4 is 6.29 Å². The zero-order chi connectivity index (χ0) is 10.7. The molecule has 2 aliphatic rings. The highest BCUT2D eigenvalue weighted by Crippen LogP contribution is 2.49. The molecule has 1 saturated carbocycles. The fraction of sp³-hybridized carbons (Fsp3) is 0.833. The van der Waals surface area contributed by atoms with Crippen LogP contribution in [0.1, 0.15) is 38.5 Å². The van der Waals surface area contributed by atoms with Crippen molar-refractivity contribution in [2.45, 2.75) is 44.6 Å². The van der Waals surface area contributed by atoms with Crippen molar-refractivity contribution in [2.75, 3.05) is 13.1 Å². The molecule has 1 aliphatic carbocycles. The SMILES string of the molecule is N#CCC1(CN2CCCCC2C=O)CC1. The molecule has 0 radical (unpaired) electrons. The number of hydrogen-bond acceptors (Lipinski definition) is 3. The molecule has 0 aromatic carbocycles. The van der Waals surface area contributed by atoms with Gasteiger partial charge in [0, 0.05) is 13.0 Å². The van der Waals surface area contributed by atoms with Crippen LogP contribution < -0.4 is 0 Å². The van der Waals surface area contributed by atoms with E-state index in [0.717, 1.165) is 25.8 Å². The Kier molecular flexibility index (Phi) is 3.06. The molecule has 82 valence electrons. The molecular weight excluding hydrogens is 188 g/mol. The highest BCUT2D eigenvalue weighted by Gasteiger charge is 2.44. The summed E-state index contributed by atoms with van der Waals surface area (Å²) in [5, 5.41) is 8.76. The van der Waals surface area contributed by atoms with E-state index >= 15 is 0 Å². The van der Waals surface area contributed by atoms with Crippen molar-refractivity contribution in [1.82, 2.24) is 4.90 Å². The number of piperidine rings is 1. The molecule has 1 saturated heterocycles. The second kappa shape index (κ2) is 4.32. The predicted molar refractivity (Wildman–Crippen MR) is 57.2 cm³/mol. The Labute approximate surface area is 91.1 Å². The standard InChI is InChI=1S/C12H18N2O/c13-7-6-12(4-5-12)10-14-8-2-1-3-11(14)9-15/h9,11H,1-6,8,10H2. The maximum absolute atomic E-state index is 10.9. The summed E-state index contributed by atoms with van der Waals surface area (Å²) in [5.74, 6) is 0. The minimum absolute atomic E-state index is 0.120. The normalized spacial score (nSPS) is 29.4. The molecule has 15 heavy (non-hydrogen) atoms. The van der Waals surface area contributed by atoms with Crippen molar-refractivity contribution in [3.63, 3.8) is 0 Å². The lowest BCUT2D eigenvalue weighted by atomic mass is 9.97. The molecule has 3 nitrogen and oxygen atoms in total. The number of rotatable bonds is 4. The van der Waals surface area contributed by atoms with Crippen LogP contribution in [0.25, 0.3) is 0 Å². The van der Waals surface area contributed by atoms with Crippen LogP contribution in [-0.2, 0) is 4.79 Å². The first-order chi connectivity index (χ1) is 7.29. The largest absolute Gasteiger partial charge is 0.302 e. The molecule has 3 heteroatoms. The van der Waals surface area contributed by atoms with Crippen molar-refractivity contribution in [1.29, 1.82) is 5.26 Å². The van der Waals surface area contributed by atoms with Gasteiger partial charge in [0.25, 0.3) is 0 Å². The van der Waals surface area contributed by atoms with E-state index in [1.54, 1.807) is 0 Å². The maximum Gasteiger partial charge on any atom is 0.137 e. The Morgan fingerprint density at radius 1 is 1.47 bits per heavy atom. The van der Waals surface area contributed by atoms with Gasteiger partial charge in [-0.3, -0.25) is 4.90 Å². The van der Waals surface area contributed by atoms with Crippen LogP contribution in [0, 0.1) is 16.7 Å². The van der Waals surface area contributed by atoms with Crippen LogP contribution in [0.5, 0.6) is 0 Å². The highest BCUT2D eigenvalue weighted by molar-refractivity contribution is 5.57. The van der Waals surface area contributed by atoms with Gasteiger partial charge in [-0.1, -0.05) is 6.42 Å². The van der Waals surface area contributed by atoms with E-state index in [1.165, 1.54) is 25.7 Å². The Morgan fingerprint density at radius 3 is 2.87 bits per heavy atom. The zero-order valence-electron chi connectivity index (χ0n) is 9.11. The molecule has 0 aromatic rings. The Balaban J connectivity index is 1.92. The second-order valence-electron chi connectivity index (χ2n) is 5.00. The van der Waals surface area contributed by atoms with E-state index in [9.17, 15) is 4.79 Å². The fourth-order valence-corrected chi connectivity index (χ4v) is 2.53. The lowest BCUT2D eigenvalue weighted by Gasteiger charge is -2.34. The van der Waals surface area contributed by atoms with Gasteiger partial charge < -0.3 is 4.79 Å². The zero-order valence-corrected chi connectivity index (χ0v) is 9.11. The van der Waals surface area contributed by atoms with Crippen LogP contribution in [0.3, 0.4) is 0 Å². The summed E-state index contributed by atoms with van der Waals surface area (Å²) < 4.78 is 0. The molecule has 0 spiro atoms. The van der Waals surface area contributed by atoms with E-state index in [0.29, 0.717) is 6.42 Å². The van der Waals surface area contributed by atoms with Gasteiger partial charge in [-0.15, -0.1) is 0 Å². The van der Waals surface area contributed by atoms with Crippen LogP contribution >= 0.6 is 0 Å². The van der Waals surface area contributed by atoms with Gasteiger partial charge in [-0.25, -0.2) is 0 Å². The molecule has 0 aromatic heterocycles. The van der Waals surface area contributed by atoms with Crippen molar-refractivity contribution in [3.05, 3.63) is 0 Å². The van der Waals surface area contributed by atoms with Crippen molar-refractivity contribution in [2.24, 2.45) is 5.41 Å². The molecule has 1 atom stereocenters. The minimum atomic E-state index is 0.120. The van der Waals surface area contributed by atoms with Crippen molar-refractivity contribution < 1.29 is 4.79 Å². The second-order valence-corrected chi connectivity index (χ2v) is 5.00. The first-order valence-electron chi connectivity index (χ1n) is 5.86. The summed E-state index contributed by atoms with van der Waals surface area (Å²) >= 11 is 0. The van der Waals surface area contributed by atoms with Gasteiger partial charge in [0.2, 0.25) is 0 Å². The number of aldehydes is 1. The summed E-state index contributed by atoms with van der Waals surface area (Å²) in [7, 11) is 0. The molecule has 1 heterocycles. The van der Waals surface area contributed by atoms with Crippen LogP contribution in [0.15, 0.2) is 0 Å². The number of carbonyl (C=O) groups is 1. The molecule has 1 unspecified atom stereocenters. The van der Waals surface area contributed by atoms with Crippen molar-refractivity contribution in [3.8, 4) is 6.07 Å². The van der Waals surface area contributed by atoms with Gasteiger partial charge in [0.05, 0.1) is 12.1 Å². The third-order valence-electron chi connectivity index (χ3n) is 3.77. The predicted octanol–water partition coefficient (Wildman–Crippen LogP) is 1.73. The van der Waals surface area contributed by atoms with Gasteiger partial charge in [0.15, 0.2) is 0 Å². The minimum Gasteiger partial charge on any atom is -0.302 e. The molecule has 2 rings (SSSR count). The molecule has 1 aliphatic heterocycles. The highest BCUT2D eigenvalue weighted by atomic mass is 16.1. The number of nitriles is 1. The number of likely N-dealkylation sites (tertiary alicyclic amines) is 1. The van der Waals surface area contributed by atoms with Gasteiger partial charge in [-0.05, 0) is 37.6 Å². The van der Waals surface area contributed by atoms with E-state index in [2.05, 4.69) is 11.0 Å². The van der Waals surface area contributed by atoms with E-state index in [-0.39, 0.29) is 11.5 Å². The van der Waals surface area contributed by atoms with Crippen LogP contribution in [0.4, 0.5) is 0 Å². The fourth-order valence-electron chi connectivity index (χ4n) is 2.53. The molecule has 0 amide bonds. The summed E-state index contributed by atoms with van der Waals surface area (Å²) in [5.41, 5.74) is 0.243. The van der Waals surface area contributed by atoms with Crippen LogP contribution in [0.2, 0.25) is 0 Å². The van der Waals surface area contributed by atoms with E-state index in [1.807, 2.05) is 0 Å². The molecule has 0 bridgehead atoms. The molecular formula is C12H18N2O. The average molecular weight is 206 g/mol. The van der Waals surface area contributed by atoms with Gasteiger partial charge in [-0.2, -0.15) is 5.26 Å². The Morgan fingerprint density at radius 2 is 2.27 bits per heavy atom. The third-order valence-corrected chi connectivity index (χ3v) is 3.77. The topological polar surface area (TPSA) is 44.1 Å². The monoisotopic (exact) mass is 206 g/mol. The molecule has 2 fully saturated rings. The van der Waals surface area contributed by atoms with E-state index < -0.39 is 0 Å². The summed E-state index contributed by atoms with van der Waals surface area (Å²) in [4.78, 5) is 13.2. The summed E-state index contributed by atoms with van der Waals surface area (Å²) in [6.45, 7) is 2.00. The van der Waals surface area contributed by atoms with Gasteiger partial charge in [0.1, 0.15) is 6.29 Å². The number of nitrogens with zero attached hydrogens (tertiary/aromatic N) is 2. The third kappa shape index (κ3) is 2.38. The van der Waals surface area contributed by atoms with E-state index in [4.69, 9.17) is 5.26 Å². The average Bonchev–Trinajstić information content (AvgIpc) is 2.99. The summed E-state index contributed by atoms with van der Waals surface area (Å²) in [6.07, 6.45) is 7.46. The molecule has 0 N–H and O–H groups in total. The maximum atomic E-state index is 10.9. The smallest absolute Gasteiger partial charge is 0.137 e. The van der Waals surface area contributed by atoms with Crippen LogP contribution in [-0.4, -0.2) is 30.3 Å².